The maximum Gasteiger partial charge on any atom is 0.416 e. The summed E-state index contributed by atoms with van der Waals surface area (Å²) in [6.45, 7) is 0. The van der Waals surface area contributed by atoms with E-state index in [2.05, 4.69) is 21.3 Å². The summed E-state index contributed by atoms with van der Waals surface area (Å²) < 4.78 is 103. The Morgan fingerprint density at radius 2 is 0.833 bits per heavy atom. The Morgan fingerprint density at radius 1 is 0.528 bits per heavy atom. The largest absolute Gasteiger partial charge is 0.416 e. The maximum absolute atomic E-state index is 13.7. The molecule has 0 aromatic heterocycles. The van der Waals surface area contributed by atoms with Crippen LogP contribution in [0, 0.1) is 11.6 Å². The van der Waals surface area contributed by atoms with Gasteiger partial charge in [-0.3, -0.25) is 0 Å². The Balaban J connectivity index is 1.70. The molecule has 6 nitrogen and oxygen atoms in total. The van der Waals surface area contributed by atoms with Crippen molar-refractivity contribution in [2.75, 3.05) is 21.3 Å². The fraction of sp³-hybridized carbons (Fsp3) is 0.0909. The van der Waals surface area contributed by atoms with Crippen molar-refractivity contribution in [3.63, 3.8) is 0 Å². The summed E-state index contributed by atoms with van der Waals surface area (Å²) >= 11 is 0. The van der Waals surface area contributed by atoms with Gasteiger partial charge < -0.3 is 21.3 Å². The Morgan fingerprint density at radius 3 is 1.11 bits per heavy atom. The number of anilines is 4. The highest BCUT2D eigenvalue weighted by Gasteiger charge is 2.30. The Kier molecular flexibility index (Phi) is 7.36. The minimum absolute atomic E-state index is 0.0577. The zero-order valence-electron chi connectivity index (χ0n) is 17.6. The summed E-state index contributed by atoms with van der Waals surface area (Å²) in [4.78, 5) is 24.4. The molecule has 0 fully saturated rings. The number of urea groups is 2. The van der Waals surface area contributed by atoms with Crippen molar-refractivity contribution in [1.82, 2.24) is 0 Å². The van der Waals surface area contributed by atoms with Crippen LogP contribution in [0.25, 0.3) is 0 Å². The van der Waals surface area contributed by atoms with Gasteiger partial charge in [-0.25, -0.2) is 18.4 Å². The molecule has 0 aliphatic heterocycles. The highest BCUT2D eigenvalue weighted by molar-refractivity contribution is 6.06. The van der Waals surface area contributed by atoms with E-state index in [1.165, 1.54) is 0 Å². The van der Waals surface area contributed by atoms with Crippen LogP contribution in [0.2, 0.25) is 0 Å². The molecular weight excluding hydrogens is 504 g/mol. The van der Waals surface area contributed by atoms with Crippen molar-refractivity contribution in [1.29, 1.82) is 0 Å². The zero-order chi connectivity index (χ0) is 26.7. The van der Waals surface area contributed by atoms with Crippen LogP contribution in [0.5, 0.6) is 0 Å². The quantitative estimate of drug-likeness (QED) is 0.274. The lowest BCUT2D eigenvalue weighted by atomic mass is 10.2. The number of hydrogen-bond acceptors (Lipinski definition) is 2. The first kappa shape index (κ1) is 26.2. The second-order valence-corrected chi connectivity index (χ2v) is 7.12. The first-order chi connectivity index (χ1) is 16.7. The molecule has 0 radical (unpaired) electrons. The van der Waals surface area contributed by atoms with Crippen LogP contribution in [-0.4, -0.2) is 12.1 Å². The second kappa shape index (κ2) is 10.1. The average molecular weight is 518 g/mol. The van der Waals surface area contributed by atoms with E-state index in [1.54, 1.807) is 0 Å². The first-order valence-electron chi connectivity index (χ1n) is 9.72. The molecule has 0 aliphatic carbocycles. The number of amides is 4. The van der Waals surface area contributed by atoms with Crippen LogP contribution >= 0.6 is 0 Å². The monoisotopic (exact) mass is 518 g/mol. The van der Waals surface area contributed by atoms with E-state index in [4.69, 9.17) is 0 Å². The number of alkyl halides is 6. The standard InChI is InChI=1S/C22H14F8N4O2/c23-15-9-17(33-19(35)31-13-5-1-11(2-6-13)21(25,26)27)18(10-16(15)24)34-20(36)32-14-7-3-12(4-8-14)22(28,29)30/h1-10H,(H2,31,33,35)(H2,32,34,36). The maximum atomic E-state index is 13.7. The first-order valence-corrected chi connectivity index (χ1v) is 9.72. The van der Waals surface area contributed by atoms with Gasteiger partial charge in [0.25, 0.3) is 0 Å². The molecule has 0 unspecified atom stereocenters. The van der Waals surface area contributed by atoms with E-state index in [-0.39, 0.29) is 11.4 Å². The predicted octanol–water partition coefficient (Wildman–Crippen LogP) is 7.29. The lowest BCUT2D eigenvalue weighted by Crippen LogP contribution is -2.23. The Hall–Kier alpha value is -4.36. The van der Waals surface area contributed by atoms with E-state index < -0.39 is 58.6 Å². The van der Waals surface area contributed by atoms with Gasteiger partial charge in [0.2, 0.25) is 0 Å². The van der Waals surface area contributed by atoms with Crippen LogP contribution in [0.3, 0.4) is 0 Å². The number of nitrogens with one attached hydrogen (secondary N) is 4. The summed E-state index contributed by atoms with van der Waals surface area (Å²) in [5, 5.41) is 8.61. The fourth-order valence-electron chi connectivity index (χ4n) is 2.81. The predicted molar refractivity (Wildman–Crippen MR) is 115 cm³/mol. The van der Waals surface area contributed by atoms with Gasteiger partial charge >= 0.3 is 24.4 Å². The van der Waals surface area contributed by atoms with E-state index in [0.29, 0.717) is 36.4 Å². The van der Waals surface area contributed by atoms with Crippen LogP contribution < -0.4 is 21.3 Å². The fourth-order valence-corrected chi connectivity index (χ4v) is 2.81. The number of benzene rings is 3. The molecule has 0 saturated carbocycles. The van der Waals surface area contributed by atoms with E-state index in [9.17, 15) is 44.7 Å². The summed E-state index contributed by atoms with van der Waals surface area (Å²) in [7, 11) is 0. The molecule has 0 atom stereocenters. The van der Waals surface area contributed by atoms with Crippen LogP contribution in [0.1, 0.15) is 11.1 Å². The SMILES string of the molecule is O=C(Nc1ccc(C(F)(F)F)cc1)Nc1cc(F)c(F)cc1NC(=O)Nc1ccc(C(F)(F)F)cc1. The Bertz CT molecular complexity index is 1160. The smallest absolute Gasteiger partial charge is 0.308 e. The molecule has 190 valence electrons. The lowest BCUT2D eigenvalue weighted by Gasteiger charge is -2.15. The van der Waals surface area contributed by atoms with Gasteiger partial charge in [-0.05, 0) is 48.5 Å². The molecular formula is C22H14F8N4O2. The number of carbonyl (C=O) groups is 2. The normalized spacial score (nSPS) is 11.6. The summed E-state index contributed by atoms with van der Waals surface area (Å²) in [6, 6.07) is 5.65. The van der Waals surface area contributed by atoms with Gasteiger partial charge in [-0.2, -0.15) is 26.3 Å². The molecule has 36 heavy (non-hydrogen) atoms. The van der Waals surface area contributed by atoms with Crippen molar-refractivity contribution in [3.05, 3.63) is 83.4 Å². The van der Waals surface area contributed by atoms with Gasteiger partial charge in [-0.1, -0.05) is 0 Å². The third kappa shape index (κ3) is 6.84. The third-order valence-electron chi connectivity index (χ3n) is 4.50. The van der Waals surface area contributed by atoms with Crippen molar-refractivity contribution in [3.8, 4) is 0 Å². The molecule has 0 saturated heterocycles. The minimum Gasteiger partial charge on any atom is -0.308 e. The summed E-state index contributed by atoms with van der Waals surface area (Å²) in [5.74, 6) is -2.79. The van der Waals surface area contributed by atoms with E-state index in [1.807, 2.05) is 0 Å². The van der Waals surface area contributed by atoms with Crippen molar-refractivity contribution < 1.29 is 44.7 Å². The molecule has 0 heterocycles. The van der Waals surface area contributed by atoms with Crippen LogP contribution in [0.4, 0.5) is 67.5 Å². The molecule has 4 N–H and O–H groups in total. The Labute approximate surface area is 197 Å². The van der Waals surface area contributed by atoms with Crippen LogP contribution in [-0.2, 0) is 12.4 Å². The van der Waals surface area contributed by atoms with Crippen molar-refractivity contribution in [2.45, 2.75) is 12.4 Å². The van der Waals surface area contributed by atoms with Gasteiger partial charge in [0.05, 0.1) is 22.5 Å². The molecule has 14 heteroatoms. The molecule has 3 aromatic rings. The highest BCUT2D eigenvalue weighted by atomic mass is 19.4. The molecule has 3 aromatic carbocycles. The lowest BCUT2D eigenvalue weighted by molar-refractivity contribution is -0.138. The zero-order valence-corrected chi connectivity index (χ0v) is 17.6. The molecule has 0 spiro atoms. The van der Waals surface area contributed by atoms with E-state index in [0.717, 1.165) is 24.3 Å². The highest BCUT2D eigenvalue weighted by Crippen LogP contribution is 2.31. The molecule has 4 amide bonds. The topological polar surface area (TPSA) is 82.3 Å². The second-order valence-electron chi connectivity index (χ2n) is 7.12. The molecule has 3 rings (SSSR count). The van der Waals surface area contributed by atoms with E-state index >= 15 is 0 Å². The number of carbonyl (C=O) groups excluding carboxylic acids is 2. The number of rotatable bonds is 4. The molecule has 0 aliphatic rings. The third-order valence-corrected chi connectivity index (χ3v) is 4.50. The average Bonchev–Trinajstić information content (AvgIpc) is 2.76. The van der Waals surface area contributed by atoms with Crippen molar-refractivity contribution in [2.24, 2.45) is 0 Å². The van der Waals surface area contributed by atoms with Gasteiger partial charge in [0.1, 0.15) is 0 Å². The summed E-state index contributed by atoms with van der Waals surface area (Å²) in [6.07, 6.45) is -9.18. The van der Waals surface area contributed by atoms with Gasteiger partial charge in [-0.15, -0.1) is 0 Å². The van der Waals surface area contributed by atoms with Crippen LogP contribution in [0.15, 0.2) is 60.7 Å². The number of hydrogen-bond donors (Lipinski definition) is 4. The van der Waals surface area contributed by atoms with Gasteiger partial charge in [0, 0.05) is 23.5 Å². The minimum atomic E-state index is -4.59. The molecule has 0 bridgehead atoms. The number of halogens is 8. The van der Waals surface area contributed by atoms with Crippen molar-refractivity contribution >= 4 is 34.8 Å². The van der Waals surface area contributed by atoms with Gasteiger partial charge in [0.15, 0.2) is 11.6 Å². The summed E-state index contributed by atoms with van der Waals surface area (Å²) in [5.41, 5.74) is -2.89.